The Labute approximate surface area is 79.1 Å². The molecule has 2 unspecified atom stereocenters. The Morgan fingerprint density at radius 1 is 1.46 bits per heavy atom. The first kappa shape index (κ1) is 12.8. The van der Waals surface area contributed by atoms with Gasteiger partial charge in [-0.1, -0.05) is 0 Å². The molecule has 80 valence electrons. The fraction of sp³-hybridized carbons (Fsp3) is 1.00. The van der Waals surface area contributed by atoms with Gasteiger partial charge in [0.25, 0.3) is 0 Å². The molecular weight excluding hydrogens is 194 g/mol. The highest BCUT2D eigenvalue weighted by Crippen LogP contribution is 1.98. The number of methoxy groups -OCH3 is 1. The number of aliphatic hydroxyl groups excluding tert-OH is 1. The Balaban J connectivity index is 4.17. The summed E-state index contributed by atoms with van der Waals surface area (Å²) in [5, 5.41) is 7.88. The molecule has 0 radical (unpaired) electrons. The van der Waals surface area contributed by atoms with E-state index in [1.165, 1.54) is 14.0 Å². The van der Waals surface area contributed by atoms with Crippen LogP contribution in [0.5, 0.6) is 0 Å². The first-order valence-electron chi connectivity index (χ1n) is 4.05. The summed E-state index contributed by atoms with van der Waals surface area (Å²) in [7, 11) is -1.91. The van der Waals surface area contributed by atoms with Crippen molar-refractivity contribution in [1.29, 1.82) is 0 Å². The number of ether oxygens (including phenoxy) is 1. The van der Waals surface area contributed by atoms with Gasteiger partial charge in [-0.25, -0.2) is 13.1 Å². The molecule has 0 aliphatic carbocycles. The summed E-state index contributed by atoms with van der Waals surface area (Å²) in [5.74, 6) is 0. The predicted octanol–water partition coefficient (Wildman–Crippen LogP) is -0.678. The number of hydrogen-bond donors (Lipinski definition) is 2. The van der Waals surface area contributed by atoms with Gasteiger partial charge in [-0.3, -0.25) is 0 Å². The zero-order valence-corrected chi connectivity index (χ0v) is 8.97. The summed E-state index contributed by atoms with van der Waals surface area (Å²) in [6.07, 6.45) is 0. The van der Waals surface area contributed by atoms with Gasteiger partial charge in [-0.05, 0) is 13.8 Å². The number of nitrogens with one attached hydrogen (secondary N) is 1. The Kier molecular flexibility index (Phi) is 5.46. The van der Waals surface area contributed by atoms with E-state index < -0.39 is 15.3 Å². The van der Waals surface area contributed by atoms with Crippen LogP contribution >= 0.6 is 0 Å². The summed E-state index contributed by atoms with van der Waals surface area (Å²) in [6, 6.07) is -0.274. The van der Waals surface area contributed by atoms with Crippen LogP contribution in [0.4, 0.5) is 0 Å². The summed E-state index contributed by atoms with van der Waals surface area (Å²) in [6.45, 7) is 3.08. The third-order valence-corrected chi connectivity index (χ3v) is 3.51. The molecule has 0 aromatic carbocycles. The lowest BCUT2D eigenvalue weighted by molar-refractivity contribution is 0.180. The molecule has 13 heavy (non-hydrogen) atoms. The number of sulfonamides is 1. The molecule has 0 heterocycles. The second-order valence-electron chi connectivity index (χ2n) is 3.01. The lowest BCUT2D eigenvalue weighted by Crippen LogP contribution is -2.41. The molecule has 2 N–H and O–H groups in total. The highest BCUT2D eigenvalue weighted by atomic mass is 32.2. The van der Waals surface area contributed by atoms with E-state index in [1.807, 2.05) is 0 Å². The summed E-state index contributed by atoms with van der Waals surface area (Å²) >= 11 is 0. The first-order chi connectivity index (χ1) is 5.94. The van der Waals surface area contributed by atoms with E-state index in [-0.39, 0.29) is 12.6 Å². The molecule has 0 saturated heterocycles. The normalized spacial score (nSPS) is 16.9. The smallest absolute Gasteiger partial charge is 0.216 e. The van der Waals surface area contributed by atoms with E-state index in [0.717, 1.165) is 0 Å². The van der Waals surface area contributed by atoms with Gasteiger partial charge in [0.1, 0.15) is 0 Å². The molecule has 5 nitrogen and oxygen atoms in total. The summed E-state index contributed by atoms with van der Waals surface area (Å²) in [5.41, 5.74) is 0. The van der Waals surface area contributed by atoms with Gasteiger partial charge in [0.15, 0.2) is 0 Å². The first-order valence-corrected chi connectivity index (χ1v) is 5.59. The van der Waals surface area contributed by atoms with Crippen LogP contribution in [0.3, 0.4) is 0 Å². The maximum Gasteiger partial charge on any atom is 0.216 e. The van der Waals surface area contributed by atoms with E-state index in [9.17, 15) is 8.42 Å². The Bertz CT molecular complexity index is 227. The van der Waals surface area contributed by atoms with Crippen LogP contribution in [-0.4, -0.2) is 45.1 Å². The van der Waals surface area contributed by atoms with E-state index in [0.29, 0.717) is 6.61 Å². The minimum atomic E-state index is -3.41. The fourth-order valence-corrected chi connectivity index (χ4v) is 1.84. The van der Waals surface area contributed by atoms with Crippen LogP contribution in [0.1, 0.15) is 13.8 Å². The third kappa shape index (κ3) is 4.56. The molecule has 0 spiro atoms. The van der Waals surface area contributed by atoms with Crippen molar-refractivity contribution >= 4 is 10.0 Å². The zero-order valence-electron chi connectivity index (χ0n) is 8.15. The standard InChI is InChI=1S/C7H17NO4S/c1-6(5-12-3)8-13(10,11)7(2)4-9/h6-9H,4-5H2,1-3H3. The molecule has 0 amide bonds. The maximum absolute atomic E-state index is 11.3. The lowest BCUT2D eigenvalue weighted by atomic mass is 10.4. The van der Waals surface area contributed by atoms with Gasteiger partial charge in [-0.15, -0.1) is 0 Å². The second-order valence-corrected chi connectivity index (χ2v) is 5.14. The maximum atomic E-state index is 11.3. The number of rotatable bonds is 6. The Hall–Kier alpha value is -0.170. The molecule has 0 rings (SSSR count). The number of aliphatic hydroxyl groups is 1. The van der Waals surface area contributed by atoms with Crippen LogP contribution < -0.4 is 4.72 Å². The minimum absolute atomic E-state index is 0.274. The minimum Gasteiger partial charge on any atom is -0.395 e. The second kappa shape index (κ2) is 5.54. The van der Waals surface area contributed by atoms with E-state index >= 15 is 0 Å². The van der Waals surface area contributed by atoms with Crippen molar-refractivity contribution in [3.8, 4) is 0 Å². The SMILES string of the molecule is COCC(C)NS(=O)(=O)C(C)CO. The van der Waals surface area contributed by atoms with Gasteiger partial charge < -0.3 is 9.84 Å². The molecule has 6 heteroatoms. The van der Waals surface area contributed by atoms with Crippen molar-refractivity contribution in [2.75, 3.05) is 20.3 Å². The quantitative estimate of drug-likeness (QED) is 0.610. The van der Waals surface area contributed by atoms with E-state index in [2.05, 4.69) is 4.72 Å². The van der Waals surface area contributed by atoms with Crippen molar-refractivity contribution in [3.05, 3.63) is 0 Å². The summed E-state index contributed by atoms with van der Waals surface area (Å²) in [4.78, 5) is 0. The van der Waals surface area contributed by atoms with E-state index in [4.69, 9.17) is 9.84 Å². The third-order valence-electron chi connectivity index (χ3n) is 1.57. The highest BCUT2D eigenvalue weighted by Gasteiger charge is 2.21. The van der Waals surface area contributed by atoms with E-state index in [1.54, 1.807) is 6.92 Å². The molecule has 0 aromatic heterocycles. The molecule has 0 fully saturated rings. The van der Waals surface area contributed by atoms with Crippen LogP contribution in [0.2, 0.25) is 0 Å². The molecule has 0 aliphatic heterocycles. The fourth-order valence-electron chi connectivity index (χ4n) is 0.779. The van der Waals surface area contributed by atoms with Gasteiger partial charge in [0.05, 0.1) is 18.5 Å². The Morgan fingerprint density at radius 2 is 2.00 bits per heavy atom. The van der Waals surface area contributed by atoms with Gasteiger partial charge >= 0.3 is 0 Å². The van der Waals surface area contributed by atoms with Crippen molar-refractivity contribution in [1.82, 2.24) is 4.72 Å². The number of hydrogen-bond acceptors (Lipinski definition) is 4. The molecule has 2 atom stereocenters. The van der Waals surface area contributed by atoms with Gasteiger partial charge in [0.2, 0.25) is 10.0 Å². The van der Waals surface area contributed by atoms with Gasteiger partial charge in [-0.2, -0.15) is 0 Å². The average Bonchev–Trinajstić information content (AvgIpc) is 2.02. The van der Waals surface area contributed by atoms with Crippen LogP contribution in [0, 0.1) is 0 Å². The highest BCUT2D eigenvalue weighted by molar-refractivity contribution is 7.90. The summed E-state index contributed by atoms with van der Waals surface area (Å²) < 4.78 is 29.8. The predicted molar refractivity (Wildman–Crippen MR) is 49.9 cm³/mol. The van der Waals surface area contributed by atoms with Crippen LogP contribution in [0.25, 0.3) is 0 Å². The average molecular weight is 211 g/mol. The lowest BCUT2D eigenvalue weighted by Gasteiger charge is -2.16. The van der Waals surface area contributed by atoms with Crippen molar-refractivity contribution < 1.29 is 18.3 Å². The Morgan fingerprint density at radius 3 is 2.38 bits per heavy atom. The van der Waals surface area contributed by atoms with Crippen molar-refractivity contribution in [2.45, 2.75) is 25.1 Å². The van der Waals surface area contributed by atoms with Crippen molar-refractivity contribution in [3.63, 3.8) is 0 Å². The molecule has 0 saturated carbocycles. The zero-order chi connectivity index (χ0) is 10.5. The van der Waals surface area contributed by atoms with Gasteiger partial charge in [0, 0.05) is 13.2 Å². The molecule has 0 bridgehead atoms. The topological polar surface area (TPSA) is 75.6 Å². The van der Waals surface area contributed by atoms with Crippen LogP contribution in [0.15, 0.2) is 0 Å². The van der Waals surface area contributed by atoms with Crippen molar-refractivity contribution in [2.24, 2.45) is 0 Å². The molecular formula is C7H17NO4S. The monoisotopic (exact) mass is 211 g/mol. The largest absolute Gasteiger partial charge is 0.395 e. The van der Waals surface area contributed by atoms with Crippen LogP contribution in [-0.2, 0) is 14.8 Å². The molecule has 0 aromatic rings. The molecule has 0 aliphatic rings.